The van der Waals surface area contributed by atoms with Crippen LogP contribution < -0.4 is 5.32 Å². The summed E-state index contributed by atoms with van der Waals surface area (Å²) in [5.74, 6) is 0.709. The smallest absolute Gasteiger partial charge is 0.246 e. The predicted molar refractivity (Wildman–Crippen MR) is 101 cm³/mol. The van der Waals surface area contributed by atoms with Crippen molar-refractivity contribution in [2.45, 2.75) is 13.5 Å². The van der Waals surface area contributed by atoms with E-state index < -0.39 is 0 Å². The molecule has 2 heterocycles. The summed E-state index contributed by atoms with van der Waals surface area (Å²) in [6.45, 7) is 2.12. The standard InChI is InChI=1S/C19H16N4OS/c1-13-20-15-9-5-6-10-17(15)23(13)11-18(24)22-19-21-16(12-25-19)14-7-3-2-4-8-14/h2-10,12H,11H2,1H3,(H,21,22,24). The molecule has 0 aliphatic heterocycles. The summed E-state index contributed by atoms with van der Waals surface area (Å²) in [7, 11) is 0. The Morgan fingerprint density at radius 1 is 1.08 bits per heavy atom. The van der Waals surface area contributed by atoms with Crippen LogP contribution in [0.25, 0.3) is 22.3 Å². The highest BCUT2D eigenvalue weighted by Gasteiger charge is 2.12. The predicted octanol–water partition coefficient (Wildman–Crippen LogP) is 4.11. The maximum Gasteiger partial charge on any atom is 0.246 e. The lowest BCUT2D eigenvalue weighted by Gasteiger charge is -2.06. The fraction of sp³-hybridized carbons (Fsp3) is 0.105. The quantitative estimate of drug-likeness (QED) is 0.604. The molecule has 0 fully saturated rings. The van der Waals surface area contributed by atoms with E-state index >= 15 is 0 Å². The number of aryl methyl sites for hydroxylation is 1. The first-order valence-electron chi connectivity index (χ1n) is 7.93. The Bertz CT molecular complexity index is 1040. The minimum atomic E-state index is -0.111. The summed E-state index contributed by atoms with van der Waals surface area (Å²) < 4.78 is 1.91. The number of carbonyl (C=O) groups is 1. The molecule has 0 radical (unpaired) electrons. The van der Waals surface area contributed by atoms with Crippen LogP contribution in [0.2, 0.25) is 0 Å². The fourth-order valence-electron chi connectivity index (χ4n) is 2.77. The summed E-state index contributed by atoms with van der Waals surface area (Å²) in [6.07, 6.45) is 0. The Labute approximate surface area is 149 Å². The SMILES string of the molecule is Cc1nc2ccccc2n1CC(=O)Nc1nc(-c2ccccc2)cs1. The van der Waals surface area contributed by atoms with Crippen LogP contribution in [0.3, 0.4) is 0 Å². The molecule has 0 bridgehead atoms. The van der Waals surface area contributed by atoms with Crippen molar-refractivity contribution >= 4 is 33.4 Å². The van der Waals surface area contributed by atoms with Gasteiger partial charge >= 0.3 is 0 Å². The highest BCUT2D eigenvalue weighted by atomic mass is 32.1. The van der Waals surface area contributed by atoms with Gasteiger partial charge in [0.2, 0.25) is 5.91 Å². The average Bonchev–Trinajstić information content (AvgIpc) is 3.21. The van der Waals surface area contributed by atoms with E-state index in [1.165, 1.54) is 11.3 Å². The van der Waals surface area contributed by atoms with Gasteiger partial charge in [-0.05, 0) is 19.1 Å². The number of imidazole rings is 1. The number of benzene rings is 2. The highest BCUT2D eigenvalue weighted by molar-refractivity contribution is 7.14. The van der Waals surface area contributed by atoms with E-state index in [2.05, 4.69) is 15.3 Å². The monoisotopic (exact) mass is 348 g/mol. The summed E-state index contributed by atoms with van der Waals surface area (Å²) in [6, 6.07) is 17.7. The number of nitrogens with zero attached hydrogens (tertiary/aromatic N) is 3. The minimum absolute atomic E-state index is 0.111. The first-order valence-corrected chi connectivity index (χ1v) is 8.81. The molecule has 0 aliphatic rings. The molecular formula is C19H16N4OS. The lowest BCUT2D eigenvalue weighted by atomic mass is 10.2. The second-order valence-electron chi connectivity index (χ2n) is 5.69. The third-order valence-electron chi connectivity index (χ3n) is 3.97. The Kier molecular flexibility index (Phi) is 4.03. The molecule has 4 aromatic rings. The summed E-state index contributed by atoms with van der Waals surface area (Å²) in [4.78, 5) is 21.4. The molecular weight excluding hydrogens is 332 g/mol. The van der Waals surface area contributed by atoms with Crippen molar-refractivity contribution in [1.82, 2.24) is 14.5 Å². The molecule has 0 atom stereocenters. The normalized spacial score (nSPS) is 10.9. The zero-order chi connectivity index (χ0) is 17.2. The van der Waals surface area contributed by atoms with Gasteiger partial charge in [-0.15, -0.1) is 11.3 Å². The molecule has 0 saturated carbocycles. The molecule has 0 unspecified atom stereocenters. The largest absolute Gasteiger partial charge is 0.319 e. The van der Waals surface area contributed by atoms with Crippen LogP contribution >= 0.6 is 11.3 Å². The summed E-state index contributed by atoms with van der Waals surface area (Å²) in [5, 5.41) is 5.43. The number of carbonyl (C=O) groups excluding carboxylic acids is 1. The van der Waals surface area contributed by atoms with Gasteiger partial charge in [0.1, 0.15) is 12.4 Å². The van der Waals surface area contributed by atoms with Gasteiger partial charge in [0.05, 0.1) is 16.7 Å². The number of anilines is 1. The van der Waals surface area contributed by atoms with E-state index in [0.29, 0.717) is 5.13 Å². The third-order valence-corrected chi connectivity index (χ3v) is 4.72. The molecule has 2 aromatic carbocycles. The van der Waals surface area contributed by atoms with E-state index in [1.54, 1.807) is 0 Å². The van der Waals surface area contributed by atoms with E-state index in [4.69, 9.17) is 0 Å². The van der Waals surface area contributed by atoms with Crippen LogP contribution in [0.15, 0.2) is 60.0 Å². The Morgan fingerprint density at radius 3 is 2.68 bits per heavy atom. The second-order valence-corrected chi connectivity index (χ2v) is 6.54. The van der Waals surface area contributed by atoms with Crippen LogP contribution in [0, 0.1) is 6.92 Å². The van der Waals surface area contributed by atoms with Gasteiger partial charge in [0.25, 0.3) is 0 Å². The number of rotatable bonds is 4. The van der Waals surface area contributed by atoms with Gasteiger partial charge in [0.15, 0.2) is 5.13 Å². The molecule has 1 N–H and O–H groups in total. The Morgan fingerprint density at radius 2 is 1.84 bits per heavy atom. The number of amides is 1. The molecule has 5 nitrogen and oxygen atoms in total. The average molecular weight is 348 g/mol. The molecule has 0 spiro atoms. The first kappa shape index (κ1) is 15.5. The maximum atomic E-state index is 12.4. The van der Waals surface area contributed by atoms with Gasteiger partial charge in [-0.3, -0.25) is 4.79 Å². The van der Waals surface area contributed by atoms with Gasteiger partial charge < -0.3 is 9.88 Å². The van der Waals surface area contributed by atoms with Crippen LogP contribution in [0.1, 0.15) is 5.82 Å². The number of thiazole rings is 1. The van der Waals surface area contributed by atoms with E-state index in [1.807, 2.05) is 71.5 Å². The number of fused-ring (bicyclic) bond motifs is 1. The number of hydrogen-bond acceptors (Lipinski definition) is 4. The fourth-order valence-corrected chi connectivity index (χ4v) is 3.51. The lowest BCUT2D eigenvalue weighted by molar-refractivity contribution is -0.116. The van der Waals surface area contributed by atoms with Crippen LogP contribution in [0.4, 0.5) is 5.13 Å². The molecule has 25 heavy (non-hydrogen) atoms. The highest BCUT2D eigenvalue weighted by Crippen LogP contribution is 2.24. The van der Waals surface area contributed by atoms with E-state index in [-0.39, 0.29) is 12.5 Å². The van der Waals surface area contributed by atoms with E-state index in [9.17, 15) is 4.79 Å². The van der Waals surface area contributed by atoms with Gasteiger partial charge in [-0.1, -0.05) is 42.5 Å². The van der Waals surface area contributed by atoms with Crippen LogP contribution in [-0.2, 0) is 11.3 Å². The first-order chi connectivity index (χ1) is 12.2. The number of aromatic nitrogens is 3. The Balaban J connectivity index is 1.51. The summed E-state index contributed by atoms with van der Waals surface area (Å²) in [5.41, 5.74) is 3.76. The van der Waals surface area contributed by atoms with Crippen molar-refractivity contribution in [1.29, 1.82) is 0 Å². The van der Waals surface area contributed by atoms with Crippen molar-refractivity contribution in [2.75, 3.05) is 5.32 Å². The van der Waals surface area contributed by atoms with Gasteiger partial charge in [0, 0.05) is 10.9 Å². The van der Waals surface area contributed by atoms with Crippen molar-refractivity contribution < 1.29 is 4.79 Å². The van der Waals surface area contributed by atoms with Crippen molar-refractivity contribution in [3.05, 3.63) is 65.8 Å². The van der Waals surface area contributed by atoms with E-state index in [0.717, 1.165) is 28.1 Å². The van der Waals surface area contributed by atoms with Crippen molar-refractivity contribution in [2.24, 2.45) is 0 Å². The zero-order valence-corrected chi connectivity index (χ0v) is 14.5. The molecule has 0 aliphatic carbocycles. The number of para-hydroxylation sites is 2. The van der Waals surface area contributed by atoms with Crippen LogP contribution in [-0.4, -0.2) is 20.4 Å². The topological polar surface area (TPSA) is 59.8 Å². The van der Waals surface area contributed by atoms with Gasteiger partial charge in [-0.25, -0.2) is 9.97 Å². The van der Waals surface area contributed by atoms with Gasteiger partial charge in [-0.2, -0.15) is 0 Å². The molecule has 4 rings (SSSR count). The van der Waals surface area contributed by atoms with Crippen LogP contribution in [0.5, 0.6) is 0 Å². The summed E-state index contributed by atoms with van der Waals surface area (Å²) >= 11 is 1.43. The molecule has 2 aromatic heterocycles. The lowest BCUT2D eigenvalue weighted by Crippen LogP contribution is -2.19. The minimum Gasteiger partial charge on any atom is -0.319 e. The molecule has 1 amide bonds. The van der Waals surface area contributed by atoms with Crippen molar-refractivity contribution in [3.63, 3.8) is 0 Å². The zero-order valence-electron chi connectivity index (χ0n) is 13.6. The molecule has 6 heteroatoms. The number of hydrogen-bond donors (Lipinski definition) is 1. The Hall–Kier alpha value is -2.99. The number of nitrogens with one attached hydrogen (secondary N) is 1. The molecule has 0 saturated heterocycles. The maximum absolute atomic E-state index is 12.4. The second kappa shape index (κ2) is 6.49. The van der Waals surface area contributed by atoms with Crippen molar-refractivity contribution in [3.8, 4) is 11.3 Å². The third kappa shape index (κ3) is 3.16. The molecule has 124 valence electrons.